The van der Waals surface area contributed by atoms with Crippen LogP contribution in [0, 0.1) is 3.57 Å². The van der Waals surface area contributed by atoms with Crippen molar-refractivity contribution in [1.82, 2.24) is 9.55 Å². The lowest BCUT2D eigenvalue weighted by atomic mass is 10.6. The van der Waals surface area contributed by atoms with Crippen LogP contribution in [-0.2, 0) is 11.5 Å². The number of nitrogens with zero attached hydrogens (tertiary/aromatic N) is 2. The minimum absolute atomic E-state index is 0.172. The highest BCUT2D eigenvalue weighted by Gasteiger charge is 2.05. The highest BCUT2D eigenvalue weighted by Crippen LogP contribution is 2.09. The van der Waals surface area contributed by atoms with E-state index in [0.717, 1.165) is 0 Å². The molecule has 4 nitrogen and oxygen atoms in total. The molecule has 0 aliphatic carbocycles. The second-order valence-corrected chi connectivity index (χ2v) is 3.68. The fourth-order valence-electron chi connectivity index (χ4n) is 0.725. The summed E-state index contributed by atoms with van der Waals surface area (Å²) in [6.07, 6.45) is 1.38. The average Bonchev–Trinajstić information content (AvgIpc) is 2.13. The number of hydrogen-bond acceptors (Lipinski definition) is 3. The van der Waals surface area contributed by atoms with Crippen LogP contribution < -0.4 is 5.56 Å². The van der Waals surface area contributed by atoms with Crippen LogP contribution in [0.25, 0.3) is 0 Å². The van der Waals surface area contributed by atoms with E-state index < -0.39 is 0 Å². The first-order chi connectivity index (χ1) is 6.16. The molecule has 0 amide bonds. The topological polar surface area (TPSA) is 44.1 Å². The molecule has 13 heavy (non-hydrogen) atoms. The second-order valence-electron chi connectivity index (χ2n) is 2.25. The summed E-state index contributed by atoms with van der Waals surface area (Å²) in [5.74, 6) is 0. The summed E-state index contributed by atoms with van der Waals surface area (Å²) in [6.45, 7) is 2.64. The highest BCUT2D eigenvalue weighted by molar-refractivity contribution is 14.1. The molecular formula is C7H8ClIN2O2. The van der Waals surface area contributed by atoms with Gasteiger partial charge in [-0.3, -0.25) is 9.36 Å². The maximum absolute atomic E-state index is 11.4. The normalized spacial score (nSPS) is 10.4. The van der Waals surface area contributed by atoms with Crippen molar-refractivity contribution >= 4 is 34.2 Å². The van der Waals surface area contributed by atoms with Gasteiger partial charge in [-0.1, -0.05) is 11.6 Å². The van der Waals surface area contributed by atoms with Gasteiger partial charge in [-0.2, -0.15) is 0 Å². The van der Waals surface area contributed by atoms with E-state index in [1.807, 2.05) is 29.5 Å². The molecule has 0 bridgehead atoms. The number of halogens is 2. The van der Waals surface area contributed by atoms with Crippen molar-refractivity contribution in [3.05, 3.63) is 25.4 Å². The molecule has 0 saturated carbocycles. The number of aromatic nitrogens is 2. The molecular weight excluding hydrogens is 306 g/mol. The Balaban J connectivity index is 2.97. The highest BCUT2D eigenvalue weighted by atomic mass is 127. The minimum Gasteiger partial charge on any atom is -0.361 e. The Bertz CT molecular complexity index is 353. The Kier molecular flexibility index (Phi) is 4.14. The van der Waals surface area contributed by atoms with Crippen LogP contribution in [0.3, 0.4) is 0 Å². The summed E-state index contributed by atoms with van der Waals surface area (Å²) in [6, 6.07) is 0. The van der Waals surface area contributed by atoms with Crippen molar-refractivity contribution in [1.29, 1.82) is 0 Å². The summed E-state index contributed by atoms with van der Waals surface area (Å²) < 4.78 is 6.86. The summed E-state index contributed by atoms with van der Waals surface area (Å²) in [5, 5.41) is 0.235. The van der Waals surface area contributed by atoms with Crippen molar-refractivity contribution in [2.75, 3.05) is 6.61 Å². The molecule has 6 heteroatoms. The Morgan fingerprint density at radius 1 is 1.77 bits per heavy atom. The molecule has 1 aromatic heterocycles. The van der Waals surface area contributed by atoms with Gasteiger partial charge < -0.3 is 4.74 Å². The molecule has 0 unspecified atom stereocenters. The first-order valence-electron chi connectivity index (χ1n) is 3.65. The van der Waals surface area contributed by atoms with E-state index >= 15 is 0 Å². The van der Waals surface area contributed by atoms with Gasteiger partial charge >= 0.3 is 0 Å². The average molecular weight is 315 g/mol. The Morgan fingerprint density at radius 2 is 2.46 bits per heavy atom. The van der Waals surface area contributed by atoms with E-state index in [4.69, 9.17) is 16.3 Å². The van der Waals surface area contributed by atoms with Gasteiger partial charge in [0.2, 0.25) is 0 Å². The fraction of sp³-hybridized carbons (Fsp3) is 0.429. The molecule has 1 rings (SSSR count). The largest absolute Gasteiger partial charge is 0.361 e. The monoisotopic (exact) mass is 314 g/mol. The molecule has 0 aliphatic heterocycles. The predicted octanol–water partition coefficient (Wildman–Crippen LogP) is 1.50. The predicted molar refractivity (Wildman–Crippen MR) is 57.9 cm³/mol. The first-order valence-corrected chi connectivity index (χ1v) is 5.10. The summed E-state index contributed by atoms with van der Waals surface area (Å²) in [5.41, 5.74) is -0.172. The number of hydrogen-bond donors (Lipinski definition) is 0. The zero-order valence-electron chi connectivity index (χ0n) is 6.96. The molecule has 72 valence electrons. The van der Waals surface area contributed by atoms with E-state index in [2.05, 4.69) is 4.98 Å². The van der Waals surface area contributed by atoms with E-state index in [-0.39, 0.29) is 17.4 Å². The van der Waals surface area contributed by atoms with Gasteiger partial charge in [-0.25, -0.2) is 4.98 Å². The van der Waals surface area contributed by atoms with Gasteiger partial charge in [0.25, 0.3) is 5.56 Å². The van der Waals surface area contributed by atoms with Gasteiger partial charge in [0.05, 0.1) is 0 Å². The molecule has 0 radical (unpaired) electrons. The maximum Gasteiger partial charge on any atom is 0.270 e. The molecule has 0 atom stereocenters. The molecule has 0 N–H and O–H groups in total. The van der Waals surface area contributed by atoms with Crippen LogP contribution >= 0.6 is 34.2 Å². The zero-order valence-corrected chi connectivity index (χ0v) is 9.87. The van der Waals surface area contributed by atoms with Gasteiger partial charge in [0.15, 0.2) is 0 Å². The summed E-state index contributed by atoms with van der Waals surface area (Å²) in [4.78, 5) is 15.3. The zero-order chi connectivity index (χ0) is 9.84. The molecule has 1 heterocycles. The third kappa shape index (κ3) is 2.65. The van der Waals surface area contributed by atoms with E-state index in [9.17, 15) is 4.79 Å². The second kappa shape index (κ2) is 4.92. The van der Waals surface area contributed by atoms with Crippen LogP contribution in [-0.4, -0.2) is 16.2 Å². The minimum atomic E-state index is -0.172. The molecule has 0 saturated heterocycles. The molecule has 0 fully saturated rings. The van der Waals surface area contributed by atoms with Crippen molar-refractivity contribution < 1.29 is 4.74 Å². The van der Waals surface area contributed by atoms with Crippen LogP contribution in [0.15, 0.2) is 11.1 Å². The Morgan fingerprint density at radius 3 is 3.08 bits per heavy atom. The quantitative estimate of drug-likeness (QED) is 0.627. The van der Waals surface area contributed by atoms with Gasteiger partial charge in [-0.05, 0) is 29.5 Å². The third-order valence-electron chi connectivity index (χ3n) is 1.37. The van der Waals surface area contributed by atoms with Crippen molar-refractivity contribution in [2.45, 2.75) is 13.7 Å². The third-order valence-corrected chi connectivity index (χ3v) is 2.95. The molecule has 0 aromatic carbocycles. The van der Waals surface area contributed by atoms with Crippen LogP contribution in [0.4, 0.5) is 0 Å². The Labute approximate surface area is 94.0 Å². The lowest BCUT2D eigenvalue weighted by molar-refractivity contribution is 0.0844. The summed E-state index contributed by atoms with van der Waals surface area (Å²) in [7, 11) is 0. The SMILES string of the molecule is CCOCn1cnc(Cl)c(I)c1=O. The molecule has 0 spiro atoms. The van der Waals surface area contributed by atoms with E-state index in [1.54, 1.807) is 0 Å². The van der Waals surface area contributed by atoms with Crippen molar-refractivity contribution in [3.63, 3.8) is 0 Å². The summed E-state index contributed by atoms with van der Waals surface area (Å²) >= 11 is 7.51. The maximum atomic E-state index is 11.4. The molecule has 1 aromatic rings. The smallest absolute Gasteiger partial charge is 0.270 e. The van der Waals surface area contributed by atoms with Gasteiger partial charge in [0.1, 0.15) is 21.8 Å². The number of rotatable bonds is 3. The van der Waals surface area contributed by atoms with E-state index in [0.29, 0.717) is 10.2 Å². The molecule has 0 aliphatic rings. The number of ether oxygens (including phenoxy) is 1. The Hall–Kier alpha value is -0.140. The van der Waals surface area contributed by atoms with Crippen LogP contribution in [0.2, 0.25) is 5.15 Å². The lowest BCUT2D eigenvalue weighted by Gasteiger charge is -2.05. The van der Waals surface area contributed by atoms with Gasteiger partial charge in [-0.15, -0.1) is 0 Å². The van der Waals surface area contributed by atoms with Crippen molar-refractivity contribution in [3.8, 4) is 0 Å². The lowest BCUT2D eigenvalue weighted by Crippen LogP contribution is -2.24. The van der Waals surface area contributed by atoms with E-state index in [1.165, 1.54) is 10.9 Å². The van der Waals surface area contributed by atoms with Crippen LogP contribution in [0.5, 0.6) is 0 Å². The van der Waals surface area contributed by atoms with Crippen molar-refractivity contribution in [2.24, 2.45) is 0 Å². The fourth-order valence-corrected chi connectivity index (χ4v) is 1.30. The van der Waals surface area contributed by atoms with Crippen LogP contribution in [0.1, 0.15) is 6.92 Å². The van der Waals surface area contributed by atoms with Gasteiger partial charge in [0, 0.05) is 6.61 Å². The standard InChI is InChI=1S/C7H8ClIN2O2/c1-2-13-4-11-3-10-6(8)5(9)7(11)12/h3H,2,4H2,1H3. The first kappa shape index (κ1) is 10.9.